The Morgan fingerprint density at radius 1 is 1.08 bits per heavy atom. The molecular weight excluding hydrogens is 386 g/mol. The van der Waals surface area contributed by atoms with E-state index in [1.165, 1.54) is 5.56 Å². The second-order valence-electron chi connectivity index (χ2n) is 5.65. The molecule has 0 saturated heterocycles. The SMILES string of the molecule is Cc1ccc(-c2nc(CSc3nnnn3-c3ccc(Cl)cc3)cs2)cc1. The van der Waals surface area contributed by atoms with Gasteiger partial charge in [0.1, 0.15) is 5.01 Å². The van der Waals surface area contributed by atoms with Crippen molar-refractivity contribution in [3.8, 4) is 16.3 Å². The number of aryl methyl sites for hydroxylation is 1. The minimum atomic E-state index is 0.683. The number of aromatic nitrogens is 5. The van der Waals surface area contributed by atoms with E-state index >= 15 is 0 Å². The Morgan fingerprint density at radius 3 is 2.62 bits per heavy atom. The molecule has 4 aromatic rings. The molecule has 0 aliphatic rings. The molecule has 130 valence electrons. The Kier molecular flexibility index (Phi) is 5.01. The number of tetrazole rings is 1. The van der Waals surface area contributed by atoms with Crippen LogP contribution in [0, 0.1) is 6.92 Å². The Hall–Kier alpha value is -2.22. The first-order chi connectivity index (χ1) is 12.7. The molecule has 0 atom stereocenters. The van der Waals surface area contributed by atoms with Crippen molar-refractivity contribution in [3.05, 3.63) is 70.2 Å². The maximum absolute atomic E-state index is 5.94. The lowest BCUT2D eigenvalue weighted by Crippen LogP contribution is -1.98. The summed E-state index contributed by atoms with van der Waals surface area (Å²) in [7, 11) is 0. The fourth-order valence-corrected chi connectivity index (χ4v) is 4.19. The average molecular weight is 400 g/mol. The van der Waals surface area contributed by atoms with Crippen molar-refractivity contribution in [3.63, 3.8) is 0 Å². The lowest BCUT2D eigenvalue weighted by molar-refractivity contribution is 0.756. The van der Waals surface area contributed by atoms with Crippen LogP contribution >= 0.6 is 34.7 Å². The number of halogens is 1. The van der Waals surface area contributed by atoms with Crippen LogP contribution in [0.15, 0.2) is 59.1 Å². The van der Waals surface area contributed by atoms with Gasteiger partial charge in [0.25, 0.3) is 0 Å². The van der Waals surface area contributed by atoms with Crippen LogP contribution in [0.2, 0.25) is 5.02 Å². The number of hydrogen-bond donors (Lipinski definition) is 0. The van der Waals surface area contributed by atoms with E-state index in [2.05, 4.69) is 52.1 Å². The van der Waals surface area contributed by atoms with E-state index in [-0.39, 0.29) is 0 Å². The quantitative estimate of drug-likeness (QED) is 0.440. The van der Waals surface area contributed by atoms with Gasteiger partial charge >= 0.3 is 0 Å². The third kappa shape index (κ3) is 3.80. The number of benzene rings is 2. The first-order valence-corrected chi connectivity index (χ1v) is 10.1. The number of rotatable bonds is 5. The maximum Gasteiger partial charge on any atom is 0.214 e. The number of thiazole rings is 1. The second kappa shape index (κ2) is 7.57. The van der Waals surface area contributed by atoms with Crippen molar-refractivity contribution in [1.29, 1.82) is 0 Å². The summed E-state index contributed by atoms with van der Waals surface area (Å²) < 4.78 is 1.70. The molecule has 0 aliphatic heterocycles. The minimum Gasteiger partial charge on any atom is -0.240 e. The summed E-state index contributed by atoms with van der Waals surface area (Å²) in [5.74, 6) is 0.705. The van der Waals surface area contributed by atoms with E-state index in [9.17, 15) is 0 Å². The Labute approximate surface area is 164 Å². The number of hydrogen-bond acceptors (Lipinski definition) is 6. The molecule has 2 aromatic heterocycles. The summed E-state index contributed by atoms with van der Waals surface area (Å²) >= 11 is 9.15. The lowest BCUT2D eigenvalue weighted by Gasteiger charge is -2.03. The predicted octanol–water partition coefficient (Wildman–Crippen LogP) is 5.04. The van der Waals surface area contributed by atoms with Crippen LogP contribution in [0.1, 0.15) is 11.3 Å². The van der Waals surface area contributed by atoms with Gasteiger partial charge in [-0.2, -0.15) is 4.68 Å². The zero-order valence-corrected chi connectivity index (χ0v) is 16.2. The molecule has 0 spiro atoms. The topological polar surface area (TPSA) is 56.5 Å². The standard InChI is InChI=1S/C18H14ClN5S2/c1-12-2-4-13(5-3-12)17-20-15(10-25-17)11-26-18-21-22-23-24(18)16-8-6-14(19)7-9-16/h2-10H,11H2,1H3. The summed E-state index contributed by atoms with van der Waals surface area (Å²) in [5, 5.41) is 16.5. The van der Waals surface area contributed by atoms with Crippen LogP contribution < -0.4 is 0 Å². The molecule has 2 heterocycles. The fraction of sp³-hybridized carbons (Fsp3) is 0.111. The monoisotopic (exact) mass is 399 g/mol. The normalized spacial score (nSPS) is 11.0. The van der Waals surface area contributed by atoms with E-state index in [4.69, 9.17) is 16.6 Å². The third-order valence-corrected chi connectivity index (χ3v) is 5.86. The first kappa shape index (κ1) is 17.2. The van der Waals surface area contributed by atoms with Gasteiger partial charge in [-0.25, -0.2) is 4.98 Å². The largest absolute Gasteiger partial charge is 0.240 e. The molecule has 2 aromatic carbocycles. The van der Waals surface area contributed by atoms with Crippen LogP contribution in [-0.2, 0) is 5.75 Å². The van der Waals surface area contributed by atoms with Gasteiger partial charge in [0.05, 0.1) is 11.4 Å². The smallest absolute Gasteiger partial charge is 0.214 e. The second-order valence-corrected chi connectivity index (χ2v) is 7.89. The molecule has 26 heavy (non-hydrogen) atoms. The van der Waals surface area contributed by atoms with Gasteiger partial charge in [0.2, 0.25) is 5.16 Å². The van der Waals surface area contributed by atoms with Gasteiger partial charge in [-0.05, 0) is 41.6 Å². The third-order valence-electron chi connectivity index (χ3n) is 3.71. The zero-order chi connectivity index (χ0) is 17.9. The van der Waals surface area contributed by atoms with Gasteiger partial charge in [-0.3, -0.25) is 0 Å². The lowest BCUT2D eigenvalue weighted by atomic mass is 10.2. The highest BCUT2D eigenvalue weighted by atomic mass is 35.5. The molecule has 8 heteroatoms. The maximum atomic E-state index is 5.94. The molecular formula is C18H14ClN5S2. The first-order valence-electron chi connectivity index (χ1n) is 7.87. The van der Waals surface area contributed by atoms with Crippen LogP contribution in [0.4, 0.5) is 0 Å². The Morgan fingerprint density at radius 2 is 1.85 bits per heavy atom. The Bertz CT molecular complexity index is 1010. The summed E-state index contributed by atoms with van der Waals surface area (Å²) in [6, 6.07) is 15.8. The van der Waals surface area contributed by atoms with Gasteiger partial charge in [0, 0.05) is 21.7 Å². The molecule has 0 bridgehead atoms. The van der Waals surface area contributed by atoms with E-state index < -0.39 is 0 Å². The summed E-state index contributed by atoms with van der Waals surface area (Å²) in [6.45, 7) is 2.08. The molecule has 0 aliphatic carbocycles. The van der Waals surface area contributed by atoms with Crippen LogP contribution in [0.3, 0.4) is 0 Å². The molecule has 0 fully saturated rings. The van der Waals surface area contributed by atoms with Gasteiger partial charge in [-0.1, -0.05) is 53.2 Å². The van der Waals surface area contributed by atoms with E-state index in [0.29, 0.717) is 10.8 Å². The van der Waals surface area contributed by atoms with E-state index in [1.54, 1.807) is 27.8 Å². The summed E-state index contributed by atoms with van der Waals surface area (Å²) in [6.07, 6.45) is 0. The molecule has 0 unspecified atom stereocenters. The van der Waals surface area contributed by atoms with Crippen molar-refractivity contribution in [2.24, 2.45) is 0 Å². The number of nitrogens with zero attached hydrogens (tertiary/aromatic N) is 5. The molecule has 5 nitrogen and oxygen atoms in total. The zero-order valence-electron chi connectivity index (χ0n) is 13.8. The average Bonchev–Trinajstić information content (AvgIpc) is 3.30. The highest BCUT2D eigenvalue weighted by Crippen LogP contribution is 2.28. The number of thioether (sulfide) groups is 1. The van der Waals surface area contributed by atoms with Crippen molar-refractivity contribution in [1.82, 2.24) is 25.2 Å². The predicted molar refractivity (Wildman–Crippen MR) is 106 cm³/mol. The molecule has 4 rings (SSSR count). The highest BCUT2D eigenvalue weighted by Gasteiger charge is 2.11. The van der Waals surface area contributed by atoms with E-state index in [0.717, 1.165) is 27.1 Å². The molecule has 0 radical (unpaired) electrons. The van der Waals surface area contributed by atoms with Crippen molar-refractivity contribution < 1.29 is 0 Å². The summed E-state index contributed by atoms with van der Waals surface area (Å²) in [5.41, 5.74) is 4.28. The van der Waals surface area contributed by atoms with Gasteiger partial charge in [-0.15, -0.1) is 16.4 Å². The van der Waals surface area contributed by atoms with Gasteiger partial charge in [0.15, 0.2) is 0 Å². The summed E-state index contributed by atoms with van der Waals surface area (Å²) in [4.78, 5) is 4.73. The van der Waals surface area contributed by atoms with Gasteiger partial charge < -0.3 is 0 Å². The highest BCUT2D eigenvalue weighted by molar-refractivity contribution is 7.98. The van der Waals surface area contributed by atoms with Crippen molar-refractivity contribution in [2.45, 2.75) is 17.8 Å². The van der Waals surface area contributed by atoms with Crippen molar-refractivity contribution >= 4 is 34.7 Å². The van der Waals surface area contributed by atoms with Crippen LogP contribution in [0.25, 0.3) is 16.3 Å². The van der Waals surface area contributed by atoms with Crippen molar-refractivity contribution in [2.75, 3.05) is 0 Å². The van der Waals surface area contributed by atoms with Crippen LogP contribution in [-0.4, -0.2) is 25.2 Å². The minimum absolute atomic E-state index is 0.683. The fourth-order valence-electron chi connectivity index (χ4n) is 2.35. The molecule has 0 saturated carbocycles. The molecule has 0 N–H and O–H groups in total. The van der Waals surface area contributed by atoms with Crippen LogP contribution in [0.5, 0.6) is 0 Å². The van der Waals surface area contributed by atoms with E-state index in [1.807, 2.05) is 24.3 Å². The Balaban J connectivity index is 1.48. The molecule has 0 amide bonds.